The van der Waals surface area contributed by atoms with Gasteiger partial charge in [0.1, 0.15) is 5.75 Å². The standard InChI is InChI=1S/C11H16ClNO/c1-3-13-8-9-5-6-10(14-4-2)7-11(9)12/h5-7,13H,3-4,8H2,1-2H3. The first-order valence-electron chi connectivity index (χ1n) is 4.89. The molecule has 1 rings (SSSR count). The van der Waals surface area contributed by atoms with Crippen LogP contribution >= 0.6 is 11.6 Å². The second kappa shape index (κ2) is 5.89. The number of nitrogens with one attached hydrogen (secondary N) is 1. The summed E-state index contributed by atoms with van der Waals surface area (Å²) in [5.74, 6) is 0.831. The minimum atomic E-state index is 0.670. The molecule has 1 aromatic carbocycles. The number of halogens is 1. The molecule has 0 radical (unpaired) electrons. The molecule has 0 unspecified atom stereocenters. The monoisotopic (exact) mass is 213 g/mol. The van der Waals surface area contributed by atoms with Crippen molar-refractivity contribution in [3.05, 3.63) is 28.8 Å². The van der Waals surface area contributed by atoms with Gasteiger partial charge in [-0.05, 0) is 31.2 Å². The molecule has 14 heavy (non-hydrogen) atoms. The zero-order valence-electron chi connectivity index (χ0n) is 8.64. The minimum Gasteiger partial charge on any atom is -0.494 e. The maximum absolute atomic E-state index is 6.08. The SMILES string of the molecule is CCNCc1ccc(OCC)cc1Cl. The zero-order valence-corrected chi connectivity index (χ0v) is 9.40. The summed E-state index contributed by atoms with van der Waals surface area (Å²) < 4.78 is 5.34. The van der Waals surface area contributed by atoms with Gasteiger partial charge in [-0.2, -0.15) is 0 Å². The van der Waals surface area contributed by atoms with Crippen LogP contribution in [-0.2, 0) is 6.54 Å². The van der Waals surface area contributed by atoms with Gasteiger partial charge in [0.15, 0.2) is 0 Å². The molecule has 1 aromatic rings. The van der Waals surface area contributed by atoms with E-state index in [0.29, 0.717) is 6.61 Å². The average molecular weight is 214 g/mol. The molecule has 78 valence electrons. The molecule has 0 atom stereocenters. The summed E-state index contributed by atoms with van der Waals surface area (Å²) in [4.78, 5) is 0. The minimum absolute atomic E-state index is 0.670. The highest BCUT2D eigenvalue weighted by Crippen LogP contribution is 2.22. The number of benzene rings is 1. The Morgan fingerprint density at radius 2 is 2.14 bits per heavy atom. The van der Waals surface area contributed by atoms with Crippen molar-refractivity contribution in [3.63, 3.8) is 0 Å². The van der Waals surface area contributed by atoms with E-state index in [1.165, 1.54) is 0 Å². The third kappa shape index (κ3) is 3.20. The van der Waals surface area contributed by atoms with Crippen molar-refractivity contribution >= 4 is 11.6 Å². The summed E-state index contributed by atoms with van der Waals surface area (Å²) in [6.45, 7) is 6.46. The normalized spacial score (nSPS) is 10.2. The quantitative estimate of drug-likeness (QED) is 0.812. The molecule has 3 heteroatoms. The predicted octanol–water partition coefficient (Wildman–Crippen LogP) is 2.85. The highest BCUT2D eigenvalue weighted by Gasteiger charge is 2.01. The predicted molar refractivity (Wildman–Crippen MR) is 60.0 cm³/mol. The Hall–Kier alpha value is -0.730. The van der Waals surface area contributed by atoms with Gasteiger partial charge in [0.25, 0.3) is 0 Å². The highest BCUT2D eigenvalue weighted by molar-refractivity contribution is 6.31. The Bertz CT molecular complexity index is 289. The van der Waals surface area contributed by atoms with Crippen LogP contribution in [0.1, 0.15) is 19.4 Å². The number of hydrogen-bond acceptors (Lipinski definition) is 2. The van der Waals surface area contributed by atoms with Crippen molar-refractivity contribution in [1.82, 2.24) is 5.32 Å². The Morgan fingerprint density at radius 1 is 1.36 bits per heavy atom. The Balaban J connectivity index is 2.68. The fraction of sp³-hybridized carbons (Fsp3) is 0.455. The van der Waals surface area contributed by atoms with E-state index in [2.05, 4.69) is 12.2 Å². The largest absolute Gasteiger partial charge is 0.494 e. The van der Waals surface area contributed by atoms with Gasteiger partial charge in [0, 0.05) is 11.6 Å². The van der Waals surface area contributed by atoms with Gasteiger partial charge in [0.05, 0.1) is 6.61 Å². The van der Waals surface area contributed by atoms with E-state index in [4.69, 9.17) is 16.3 Å². The van der Waals surface area contributed by atoms with Crippen LogP contribution in [0.3, 0.4) is 0 Å². The molecule has 0 saturated carbocycles. The van der Waals surface area contributed by atoms with E-state index < -0.39 is 0 Å². The van der Waals surface area contributed by atoms with E-state index >= 15 is 0 Å². The van der Waals surface area contributed by atoms with Crippen LogP contribution in [0.15, 0.2) is 18.2 Å². The van der Waals surface area contributed by atoms with Crippen molar-refractivity contribution in [2.75, 3.05) is 13.2 Å². The molecule has 0 fully saturated rings. The fourth-order valence-corrected chi connectivity index (χ4v) is 1.42. The van der Waals surface area contributed by atoms with Crippen molar-refractivity contribution in [2.24, 2.45) is 0 Å². The maximum atomic E-state index is 6.08. The molecule has 0 amide bonds. The second-order valence-corrected chi connectivity index (χ2v) is 3.37. The van der Waals surface area contributed by atoms with Crippen molar-refractivity contribution in [1.29, 1.82) is 0 Å². The van der Waals surface area contributed by atoms with E-state index in [1.807, 2.05) is 25.1 Å². The maximum Gasteiger partial charge on any atom is 0.120 e. The lowest BCUT2D eigenvalue weighted by Crippen LogP contribution is -2.11. The molecular formula is C11H16ClNO. The van der Waals surface area contributed by atoms with E-state index in [1.54, 1.807) is 0 Å². The van der Waals surface area contributed by atoms with Crippen molar-refractivity contribution in [2.45, 2.75) is 20.4 Å². The Labute approximate surface area is 90.2 Å². The Morgan fingerprint density at radius 3 is 2.71 bits per heavy atom. The van der Waals surface area contributed by atoms with Gasteiger partial charge < -0.3 is 10.1 Å². The topological polar surface area (TPSA) is 21.3 Å². The third-order valence-corrected chi connectivity index (χ3v) is 2.25. The molecule has 0 heterocycles. The smallest absolute Gasteiger partial charge is 0.120 e. The lowest BCUT2D eigenvalue weighted by Gasteiger charge is -2.07. The van der Waals surface area contributed by atoms with Crippen LogP contribution in [0.25, 0.3) is 0 Å². The molecule has 0 aliphatic rings. The summed E-state index contributed by atoms with van der Waals surface area (Å²) >= 11 is 6.08. The molecular weight excluding hydrogens is 198 g/mol. The molecule has 0 aliphatic carbocycles. The summed E-state index contributed by atoms with van der Waals surface area (Å²) in [5.41, 5.74) is 1.11. The molecule has 0 bridgehead atoms. The van der Waals surface area contributed by atoms with Crippen LogP contribution in [0.5, 0.6) is 5.75 Å². The fourth-order valence-electron chi connectivity index (χ4n) is 1.19. The van der Waals surface area contributed by atoms with Gasteiger partial charge in [-0.15, -0.1) is 0 Å². The first kappa shape index (κ1) is 11.3. The zero-order chi connectivity index (χ0) is 10.4. The number of hydrogen-bond donors (Lipinski definition) is 1. The van der Waals surface area contributed by atoms with Crippen LogP contribution in [0.2, 0.25) is 5.02 Å². The molecule has 0 spiro atoms. The second-order valence-electron chi connectivity index (χ2n) is 2.97. The Kier molecular flexibility index (Phi) is 4.77. The first-order chi connectivity index (χ1) is 6.77. The average Bonchev–Trinajstić information content (AvgIpc) is 2.17. The van der Waals surface area contributed by atoms with Gasteiger partial charge in [-0.1, -0.05) is 24.6 Å². The summed E-state index contributed by atoms with van der Waals surface area (Å²) in [5, 5.41) is 3.99. The van der Waals surface area contributed by atoms with Gasteiger partial charge in [0.2, 0.25) is 0 Å². The van der Waals surface area contributed by atoms with Crippen LogP contribution in [0.4, 0.5) is 0 Å². The van der Waals surface area contributed by atoms with E-state index in [-0.39, 0.29) is 0 Å². The summed E-state index contributed by atoms with van der Waals surface area (Å²) in [7, 11) is 0. The molecule has 0 aromatic heterocycles. The number of rotatable bonds is 5. The third-order valence-electron chi connectivity index (χ3n) is 1.90. The van der Waals surface area contributed by atoms with E-state index in [0.717, 1.165) is 29.4 Å². The van der Waals surface area contributed by atoms with Crippen LogP contribution in [-0.4, -0.2) is 13.2 Å². The van der Waals surface area contributed by atoms with Crippen molar-refractivity contribution < 1.29 is 4.74 Å². The van der Waals surface area contributed by atoms with Crippen LogP contribution in [0, 0.1) is 0 Å². The molecule has 2 nitrogen and oxygen atoms in total. The molecule has 1 N–H and O–H groups in total. The number of ether oxygens (including phenoxy) is 1. The van der Waals surface area contributed by atoms with Crippen LogP contribution < -0.4 is 10.1 Å². The van der Waals surface area contributed by atoms with Gasteiger partial charge in [-0.3, -0.25) is 0 Å². The highest BCUT2D eigenvalue weighted by atomic mass is 35.5. The lowest BCUT2D eigenvalue weighted by atomic mass is 10.2. The lowest BCUT2D eigenvalue weighted by molar-refractivity contribution is 0.340. The van der Waals surface area contributed by atoms with Gasteiger partial charge in [-0.25, -0.2) is 0 Å². The molecule has 0 saturated heterocycles. The van der Waals surface area contributed by atoms with E-state index in [9.17, 15) is 0 Å². The van der Waals surface area contributed by atoms with Crippen molar-refractivity contribution in [3.8, 4) is 5.75 Å². The summed E-state index contributed by atoms with van der Waals surface area (Å²) in [6, 6.07) is 5.80. The first-order valence-corrected chi connectivity index (χ1v) is 5.27. The van der Waals surface area contributed by atoms with Gasteiger partial charge >= 0.3 is 0 Å². The molecule has 0 aliphatic heterocycles. The summed E-state index contributed by atoms with van der Waals surface area (Å²) in [6.07, 6.45) is 0.